The van der Waals surface area contributed by atoms with Crippen LogP contribution in [0.5, 0.6) is 5.75 Å². The first-order chi connectivity index (χ1) is 9.30. The van der Waals surface area contributed by atoms with Gasteiger partial charge in [0.05, 0.1) is 24.0 Å². The largest absolute Gasteiger partial charge is 0.494 e. The molecule has 1 saturated heterocycles. The zero-order valence-electron chi connectivity index (χ0n) is 10.9. The van der Waals surface area contributed by atoms with E-state index >= 15 is 0 Å². The van der Waals surface area contributed by atoms with Gasteiger partial charge in [0, 0.05) is 0 Å². The smallest absolute Gasteiger partial charge is 0.311 e. The normalized spacial score (nSPS) is 24.5. The van der Waals surface area contributed by atoms with E-state index in [1.54, 1.807) is 6.07 Å². The Labute approximate surface area is 116 Å². The predicted molar refractivity (Wildman–Crippen MR) is 70.0 cm³/mol. The van der Waals surface area contributed by atoms with Crippen molar-refractivity contribution in [2.45, 2.75) is 12.8 Å². The van der Waals surface area contributed by atoms with E-state index in [4.69, 9.17) is 4.74 Å². The lowest BCUT2D eigenvalue weighted by Crippen LogP contribution is -2.35. The van der Waals surface area contributed by atoms with Gasteiger partial charge in [-0.05, 0) is 24.5 Å². The minimum absolute atomic E-state index is 0.00131. The van der Waals surface area contributed by atoms with Gasteiger partial charge in [0.2, 0.25) is 0 Å². The van der Waals surface area contributed by atoms with Crippen molar-refractivity contribution in [1.29, 1.82) is 0 Å². The topological polar surface area (TPSA) is 80.7 Å². The Bertz CT molecular complexity index is 640. The van der Waals surface area contributed by atoms with Crippen LogP contribution in [-0.2, 0) is 21.1 Å². The van der Waals surface area contributed by atoms with Gasteiger partial charge in [-0.25, -0.2) is 12.8 Å². The number of benzene rings is 1. The van der Waals surface area contributed by atoms with E-state index in [0.29, 0.717) is 0 Å². The van der Waals surface area contributed by atoms with Crippen LogP contribution in [0.15, 0.2) is 18.2 Å². The molecule has 0 spiro atoms. The van der Waals surface area contributed by atoms with Gasteiger partial charge in [-0.2, -0.15) is 0 Å². The van der Waals surface area contributed by atoms with Gasteiger partial charge in [0.1, 0.15) is 0 Å². The molecule has 0 saturated carbocycles. The van der Waals surface area contributed by atoms with Crippen LogP contribution in [0.2, 0.25) is 0 Å². The van der Waals surface area contributed by atoms with Gasteiger partial charge < -0.3 is 9.84 Å². The van der Waals surface area contributed by atoms with E-state index in [-0.39, 0.29) is 29.9 Å². The Morgan fingerprint density at radius 3 is 2.70 bits per heavy atom. The summed E-state index contributed by atoms with van der Waals surface area (Å²) >= 11 is 0. The third-order valence-electron chi connectivity index (χ3n) is 3.63. The van der Waals surface area contributed by atoms with Crippen LogP contribution >= 0.6 is 0 Å². The first-order valence-electron chi connectivity index (χ1n) is 6.05. The average molecular weight is 302 g/mol. The highest BCUT2D eigenvalue weighted by Crippen LogP contribution is 2.37. The molecule has 7 heteroatoms. The van der Waals surface area contributed by atoms with E-state index in [1.807, 2.05) is 0 Å². The molecule has 1 aliphatic rings. The molecule has 0 radical (unpaired) electrons. The van der Waals surface area contributed by atoms with Crippen LogP contribution in [-0.4, -0.2) is 38.1 Å². The molecule has 2 rings (SSSR count). The number of hydrogen-bond donors (Lipinski definition) is 1. The van der Waals surface area contributed by atoms with Crippen LogP contribution in [0.3, 0.4) is 0 Å². The molecule has 0 aromatic heterocycles. The number of halogens is 1. The first kappa shape index (κ1) is 14.8. The van der Waals surface area contributed by atoms with Crippen molar-refractivity contribution in [3.63, 3.8) is 0 Å². The molecule has 1 fully saturated rings. The lowest BCUT2D eigenvalue weighted by Gasteiger charge is -2.22. The molecule has 110 valence electrons. The molecule has 1 atom stereocenters. The van der Waals surface area contributed by atoms with Crippen molar-refractivity contribution in [3.05, 3.63) is 29.6 Å². The summed E-state index contributed by atoms with van der Waals surface area (Å²) in [5.41, 5.74) is -1.30. The molecule has 0 aliphatic carbocycles. The number of rotatable bonds is 4. The average Bonchev–Trinajstić information content (AvgIpc) is 2.69. The Hall–Kier alpha value is -1.63. The highest BCUT2D eigenvalue weighted by atomic mass is 32.2. The Kier molecular flexibility index (Phi) is 3.73. The van der Waals surface area contributed by atoms with E-state index < -0.39 is 32.8 Å². The van der Waals surface area contributed by atoms with Crippen molar-refractivity contribution in [1.82, 2.24) is 0 Å². The van der Waals surface area contributed by atoms with Crippen LogP contribution in [0.1, 0.15) is 12.0 Å². The van der Waals surface area contributed by atoms with Gasteiger partial charge in [-0.15, -0.1) is 0 Å². The fourth-order valence-electron chi connectivity index (χ4n) is 2.51. The second-order valence-electron chi connectivity index (χ2n) is 5.04. The summed E-state index contributed by atoms with van der Waals surface area (Å²) in [7, 11) is -2.07. The maximum Gasteiger partial charge on any atom is 0.311 e. The minimum atomic E-state index is -3.38. The lowest BCUT2D eigenvalue weighted by atomic mass is 9.81. The molecule has 1 aromatic rings. The van der Waals surface area contributed by atoms with Crippen LogP contribution in [0.25, 0.3) is 0 Å². The molecule has 1 heterocycles. The van der Waals surface area contributed by atoms with Crippen molar-refractivity contribution >= 4 is 15.8 Å². The first-order valence-corrected chi connectivity index (χ1v) is 7.87. The lowest BCUT2D eigenvalue weighted by molar-refractivity contribution is -0.147. The van der Waals surface area contributed by atoms with Gasteiger partial charge in [-0.1, -0.05) is 12.1 Å². The number of sulfone groups is 1. The van der Waals surface area contributed by atoms with Crippen molar-refractivity contribution in [3.8, 4) is 5.75 Å². The zero-order chi connectivity index (χ0) is 15.0. The number of carboxylic acids is 1. The summed E-state index contributed by atoms with van der Waals surface area (Å²) in [5.74, 6) is -2.46. The molecule has 1 N–H and O–H groups in total. The Morgan fingerprint density at radius 2 is 2.20 bits per heavy atom. The molecule has 1 aliphatic heterocycles. The summed E-state index contributed by atoms with van der Waals surface area (Å²) in [4.78, 5) is 11.5. The number of aliphatic carboxylic acids is 1. The number of ether oxygens (including phenoxy) is 1. The molecule has 5 nitrogen and oxygen atoms in total. The highest BCUT2D eigenvalue weighted by molar-refractivity contribution is 7.91. The molecule has 1 unspecified atom stereocenters. The van der Waals surface area contributed by atoms with Gasteiger partial charge in [-0.3, -0.25) is 4.79 Å². The standard InChI is InChI=1S/C13H15FO5S/c1-19-10-4-2-3-9(11(10)14)7-13(12(15)16)5-6-20(17,18)8-13/h2-4H,5-8H2,1H3,(H,15,16). The fraction of sp³-hybridized carbons (Fsp3) is 0.462. The maximum atomic E-state index is 14.1. The maximum absolute atomic E-state index is 14.1. The number of methoxy groups -OCH3 is 1. The molecular formula is C13H15FO5S. The third-order valence-corrected chi connectivity index (χ3v) is 5.45. The SMILES string of the molecule is COc1cccc(CC2(C(=O)O)CCS(=O)(=O)C2)c1F. The fourth-order valence-corrected chi connectivity index (χ4v) is 4.57. The summed E-state index contributed by atoms with van der Waals surface area (Å²) in [5, 5.41) is 9.36. The van der Waals surface area contributed by atoms with E-state index in [2.05, 4.69) is 0 Å². The molecule has 0 amide bonds. The third kappa shape index (κ3) is 2.63. The van der Waals surface area contributed by atoms with Gasteiger partial charge >= 0.3 is 5.97 Å². The minimum Gasteiger partial charge on any atom is -0.494 e. The van der Waals surface area contributed by atoms with E-state index in [9.17, 15) is 22.7 Å². The molecular weight excluding hydrogens is 287 g/mol. The number of carbonyl (C=O) groups is 1. The van der Waals surface area contributed by atoms with Gasteiger partial charge in [0.15, 0.2) is 21.4 Å². The Morgan fingerprint density at radius 1 is 1.50 bits per heavy atom. The van der Waals surface area contributed by atoms with Gasteiger partial charge in [0.25, 0.3) is 0 Å². The zero-order valence-corrected chi connectivity index (χ0v) is 11.7. The summed E-state index contributed by atoms with van der Waals surface area (Å²) in [6.45, 7) is 0. The van der Waals surface area contributed by atoms with E-state index in [1.165, 1.54) is 19.2 Å². The molecule has 20 heavy (non-hydrogen) atoms. The van der Waals surface area contributed by atoms with Crippen LogP contribution < -0.4 is 4.74 Å². The second kappa shape index (κ2) is 5.05. The Balaban J connectivity index is 2.38. The predicted octanol–water partition coefficient (Wildman–Crippen LogP) is 1.27. The van der Waals surface area contributed by atoms with Crippen LogP contribution in [0.4, 0.5) is 4.39 Å². The summed E-state index contributed by atoms with van der Waals surface area (Å²) in [6.07, 6.45) is -0.161. The summed E-state index contributed by atoms with van der Waals surface area (Å²) in [6, 6.07) is 4.43. The highest BCUT2D eigenvalue weighted by Gasteiger charge is 2.48. The van der Waals surface area contributed by atoms with Crippen molar-refractivity contribution < 1.29 is 27.4 Å². The van der Waals surface area contributed by atoms with E-state index in [0.717, 1.165) is 0 Å². The number of hydrogen-bond acceptors (Lipinski definition) is 4. The quantitative estimate of drug-likeness (QED) is 0.906. The van der Waals surface area contributed by atoms with Crippen LogP contribution in [0, 0.1) is 11.2 Å². The van der Waals surface area contributed by atoms with Crippen molar-refractivity contribution in [2.24, 2.45) is 5.41 Å². The second-order valence-corrected chi connectivity index (χ2v) is 7.22. The molecule has 0 bridgehead atoms. The monoisotopic (exact) mass is 302 g/mol. The van der Waals surface area contributed by atoms with Crippen molar-refractivity contribution in [2.75, 3.05) is 18.6 Å². The molecule has 1 aromatic carbocycles. The summed E-state index contributed by atoms with van der Waals surface area (Å²) < 4.78 is 42.1. The number of carboxylic acid groups (broad SMARTS) is 1.